The van der Waals surface area contributed by atoms with E-state index in [-0.39, 0.29) is 22.4 Å². The average molecular weight is 292 g/mol. The number of hydrogen-bond donors (Lipinski definition) is 3. The fourth-order valence-corrected chi connectivity index (χ4v) is 1.79. The first-order valence-corrected chi connectivity index (χ1v) is 5.63. The van der Waals surface area contributed by atoms with Crippen LogP contribution in [0.4, 0.5) is 4.39 Å². The van der Waals surface area contributed by atoms with Crippen molar-refractivity contribution in [2.45, 2.75) is 19.9 Å². The van der Waals surface area contributed by atoms with E-state index in [1.165, 1.54) is 6.07 Å². The maximum atomic E-state index is 13.2. The zero-order valence-electron chi connectivity index (χ0n) is 9.17. The minimum atomic E-state index is -0.649. The van der Waals surface area contributed by atoms with E-state index < -0.39 is 17.3 Å². The summed E-state index contributed by atoms with van der Waals surface area (Å²) in [6.07, 6.45) is 0. The van der Waals surface area contributed by atoms with Crippen molar-refractivity contribution in [3.05, 3.63) is 28.0 Å². The standard InChI is InChI=1S/C11H15BrFNO2/c1-11(2,5-15)10(14)7-3-6(13)4-8(12)9(7)16/h3-4,10,15-16H,5,14H2,1-2H3/t10-/m0/s1. The summed E-state index contributed by atoms with van der Waals surface area (Å²) in [5, 5.41) is 19.0. The van der Waals surface area contributed by atoms with Gasteiger partial charge >= 0.3 is 0 Å². The van der Waals surface area contributed by atoms with E-state index in [0.29, 0.717) is 0 Å². The molecule has 1 rings (SSSR count). The Morgan fingerprint density at radius 2 is 2.06 bits per heavy atom. The molecule has 90 valence electrons. The molecule has 5 heteroatoms. The average Bonchev–Trinajstić information content (AvgIpc) is 2.22. The van der Waals surface area contributed by atoms with Crippen LogP contribution >= 0.6 is 15.9 Å². The highest BCUT2D eigenvalue weighted by molar-refractivity contribution is 9.10. The van der Waals surface area contributed by atoms with Gasteiger partial charge in [-0.15, -0.1) is 0 Å². The van der Waals surface area contributed by atoms with Gasteiger partial charge in [0.1, 0.15) is 11.6 Å². The van der Waals surface area contributed by atoms with Crippen molar-refractivity contribution in [1.82, 2.24) is 0 Å². The van der Waals surface area contributed by atoms with Crippen LogP contribution in [0.25, 0.3) is 0 Å². The first-order valence-electron chi connectivity index (χ1n) is 4.84. The summed E-state index contributed by atoms with van der Waals surface area (Å²) in [5.41, 5.74) is 5.56. The fraction of sp³-hybridized carbons (Fsp3) is 0.455. The quantitative estimate of drug-likeness (QED) is 0.801. The lowest BCUT2D eigenvalue weighted by Gasteiger charge is -2.30. The molecule has 4 N–H and O–H groups in total. The van der Waals surface area contributed by atoms with Gasteiger partial charge in [-0.2, -0.15) is 0 Å². The molecule has 0 saturated heterocycles. The van der Waals surface area contributed by atoms with Crippen LogP contribution < -0.4 is 5.73 Å². The van der Waals surface area contributed by atoms with Crippen molar-refractivity contribution >= 4 is 15.9 Å². The van der Waals surface area contributed by atoms with E-state index in [1.54, 1.807) is 13.8 Å². The highest BCUT2D eigenvalue weighted by Gasteiger charge is 2.29. The number of nitrogens with two attached hydrogens (primary N) is 1. The number of phenols is 1. The summed E-state index contributed by atoms with van der Waals surface area (Å²) in [6, 6.07) is 1.70. The van der Waals surface area contributed by atoms with E-state index in [4.69, 9.17) is 5.73 Å². The molecule has 3 nitrogen and oxygen atoms in total. The van der Waals surface area contributed by atoms with E-state index >= 15 is 0 Å². The summed E-state index contributed by atoms with van der Waals surface area (Å²) < 4.78 is 13.5. The number of halogens is 2. The third-order valence-electron chi connectivity index (χ3n) is 2.64. The molecule has 0 radical (unpaired) electrons. The Hall–Kier alpha value is -0.650. The maximum absolute atomic E-state index is 13.2. The molecule has 1 aromatic carbocycles. The zero-order valence-corrected chi connectivity index (χ0v) is 10.8. The van der Waals surface area contributed by atoms with Crippen LogP contribution in [0.3, 0.4) is 0 Å². The summed E-state index contributed by atoms with van der Waals surface area (Å²) in [7, 11) is 0. The van der Waals surface area contributed by atoms with Gasteiger partial charge < -0.3 is 15.9 Å². The number of phenolic OH excluding ortho intramolecular Hbond substituents is 1. The minimum Gasteiger partial charge on any atom is -0.506 e. The second-order valence-electron chi connectivity index (χ2n) is 4.45. The molecule has 0 unspecified atom stereocenters. The molecule has 0 aliphatic rings. The van der Waals surface area contributed by atoms with Crippen LogP contribution in [-0.4, -0.2) is 16.8 Å². The molecular formula is C11H15BrFNO2. The Balaban J connectivity index is 3.23. The molecule has 0 amide bonds. The predicted molar refractivity (Wildman–Crippen MR) is 63.6 cm³/mol. The summed E-state index contributed by atoms with van der Waals surface area (Å²) in [6.45, 7) is 3.34. The van der Waals surface area contributed by atoms with Crippen LogP contribution in [0.2, 0.25) is 0 Å². The molecule has 0 saturated carbocycles. The predicted octanol–water partition coefficient (Wildman–Crippen LogP) is 2.31. The molecule has 0 aliphatic carbocycles. The van der Waals surface area contributed by atoms with Gasteiger partial charge in [0.05, 0.1) is 4.47 Å². The number of rotatable bonds is 3. The Kier molecular flexibility index (Phi) is 3.93. The van der Waals surface area contributed by atoms with Gasteiger partial charge in [-0.3, -0.25) is 0 Å². The second-order valence-corrected chi connectivity index (χ2v) is 5.30. The SMILES string of the molecule is CC(C)(CO)[C@@H](N)c1cc(F)cc(Br)c1O. The van der Waals surface area contributed by atoms with Gasteiger partial charge in [-0.05, 0) is 28.1 Å². The third kappa shape index (κ3) is 2.53. The molecule has 0 aliphatic heterocycles. The van der Waals surface area contributed by atoms with E-state index in [1.807, 2.05) is 0 Å². The molecule has 0 heterocycles. The summed E-state index contributed by atoms with van der Waals surface area (Å²) >= 11 is 3.05. The molecule has 1 aromatic rings. The molecular weight excluding hydrogens is 277 g/mol. The number of aliphatic hydroxyl groups excluding tert-OH is 1. The van der Waals surface area contributed by atoms with Crippen molar-refractivity contribution in [2.75, 3.05) is 6.61 Å². The topological polar surface area (TPSA) is 66.5 Å². The maximum Gasteiger partial charge on any atom is 0.134 e. The Morgan fingerprint density at radius 3 is 2.56 bits per heavy atom. The molecule has 0 fully saturated rings. The number of hydrogen-bond acceptors (Lipinski definition) is 3. The first-order chi connectivity index (χ1) is 7.29. The van der Waals surface area contributed by atoms with Crippen molar-refractivity contribution in [2.24, 2.45) is 11.1 Å². The molecule has 1 atom stereocenters. The van der Waals surface area contributed by atoms with Crippen LogP contribution in [0.5, 0.6) is 5.75 Å². The van der Waals surface area contributed by atoms with Crippen LogP contribution in [-0.2, 0) is 0 Å². The monoisotopic (exact) mass is 291 g/mol. The second kappa shape index (κ2) is 4.69. The molecule has 0 aromatic heterocycles. The van der Waals surface area contributed by atoms with Crippen LogP contribution in [0, 0.1) is 11.2 Å². The normalized spacial score (nSPS) is 13.9. The number of aliphatic hydroxyl groups is 1. The van der Waals surface area contributed by atoms with Gasteiger partial charge in [0.2, 0.25) is 0 Å². The molecule has 16 heavy (non-hydrogen) atoms. The lowest BCUT2D eigenvalue weighted by molar-refractivity contribution is 0.131. The number of benzene rings is 1. The van der Waals surface area contributed by atoms with Gasteiger partial charge in [-0.1, -0.05) is 13.8 Å². The lowest BCUT2D eigenvalue weighted by Crippen LogP contribution is -2.32. The third-order valence-corrected chi connectivity index (χ3v) is 3.25. The Labute approximate surface area is 102 Å². The van der Waals surface area contributed by atoms with Crippen LogP contribution in [0.15, 0.2) is 16.6 Å². The van der Waals surface area contributed by atoms with Gasteiger partial charge in [-0.25, -0.2) is 4.39 Å². The summed E-state index contributed by atoms with van der Waals surface area (Å²) in [4.78, 5) is 0. The Bertz CT molecular complexity index is 396. The molecule has 0 spiro atoms. The first kappa shape index (κ1) is 13.4. The lowest BCUT2D eigenvalue weighted by atomic mass is 9.81. The van der Waals surface area contributed by atoms with E-state index in [2.05, 4.69) is 15.9 Å². The van der Waals surface area contributed by atoms with E-state index in [9.17, 15) is 14.6 Å². The molecule has 0 bridgehead atoms. The van der Waals surface area contributed by atoms with Crippen molar-refractivity contribution < 1.29 is 14.6 Å². The number of aromatic hydroxyl groups is 1. The smallest absolute Gasteiger partial charge is 0.134 e. The Morgan fingerprint density at radius 1 is 1.50 bits per heavy atom. The van der Waals surface area contributed by atoms with Gasteiger partial charge in [0.15, 0.2) is 0 Å². The van der Waals surface area contributed by atoms with E-state index in [0.717, 1.165) is 6.07 Å². The van der Waals surface area contributed by atoms with Crippen LogP contribution in [0.1, 0.15) is 25.5 Å². The largest absolute Gasteiger partial charge is 0.506 e. The van der Waals surface area contributed by atoms with Crippen molar-refractivity contribution in [3.63, 3.8) is 0 Å². The van der Waals surface area contributed by atoms with Crippen molar-refractivity contribution in [1.29, 1.82) is 0 Å². The zero-order chi connectivity index (χ0) is 12.5. The highest BCUT2D eigenvalue weighted by Crippen LogP contribution is 2.39. The summed E-state index contributed by atoms with van der Waals surface area (Å²) in [5.74, 6) is -0.570. The minimum absolute atomic E-state index is 0.0876. The van der Waals surface area contributed by atoms with Gasteiger partial charge in [0.25, 0.3) is 0 Å². The van der Waals surface area contributed by atoms with Crippen molar-refractivity contribution in [3.8, 4) is 5.75 Å². The van der Waals surface area contributed by atoms with Gasteiger partial charge in [0, 0.05) is 23.6 Å². The fourth-order valence-electron chi connectivity index (χ4n) is 1.34. The highest BCUT2D eigenvalue weighted by atomic mass is 79.9.